The van der Waals surface area contributed by atoms with Gasteiger partial charge in [0.15, 0.2) is 0 Å². The molecular weight excluding hydrogens is 480 g/mol. The van der Waals surface area contributed by atoms with Crippen molar-refractivity contribution in [2.45, 2.75) is 16.6 Å². The summed E-state index contributed by atoms with van der Waals surface area (Å²) in [6.07, 6.45) is -0.245. The number of nitrogens with two attached hydrogens (primary N) is 1. The molecule has 1 heterocycles. The molecular formula is C19H17ClN4O6S2. The first-order valence-corrected chi connectivity index (χ1v) is 11.8. The maximum Gasteiger partial charge on any atom is 0.289 e. The smallest absolute Gasteiger partial charge is 0.289 e. The fraction of sp³-hybridized carbons (Fsp3) is 0.158. The Morgan fingerprint density at radius 2 is 1.50 bits per heavy atom. The number of thioether (sulfide) groups is 1. The SMILES string of the molecule is NS(=O)(=O)c1ccc(NC(=O)CN2C(=O)S[C@H](CC(=O)Nc3ccc(Cl)cc3)C2=O)cc1. The third-order valence-corrected chi connectivity index (χ3v) is 6.53. The summed E-state index contributed by atoms with van der Waals surface area (Å²) in [5.41, 5.74) is 0.749. The Hall–Kier alpha value is -2.93. The third kappa shape index (κ3) is 6.07. The fourth-order valence-corrected chi connectivity index (χ4v) is 4.39. The number of rotatable bonds is 7. The molecule has 0 radical (unpaired) electrons. The van der Waals surface area contributed by atoms with E-state index < -0.39 is 44.8 Å². The highest BCUT2D eigenvalue weighted by atomic mass is 35.5. The van der Waals surface area contributed by atoms with Crippen LogP contribution in [0.1, 0.15) is 6.42 Å². The summed E-state index contributed by atoms with van der Waals surface area (Å²) in [5.74, 6) is -1.78. The van der Waals surface area contributed by atoms with Crippen LogP contribution in [0.2, 0.25) is 5.02 Å². The maximum absolute atomic E-state index is 12.5. The summed E-state index contributed by atoms with van der Waals surface area (Å²) in [6.45, 7) is -0.545. The number of halogens is 1. The van der Waals surface area contributed by atoms with Crippen molar-refractivity contribution in [3.8, 4) is 0 Å². The first kappa shape index (κ1) is 23.7. The van der Waals surface area contributed by atoms with E-state index in [-0.39, 0.29) is 17.0 Å². The minimum Gasteiger partial charge on any atom is -0.326 e. The molecule has 168 valence electrons. The van der Waals surface area contributed by atoms with Crippen molar-refractivity contribution in [1.29, 1.82) is 0 Å². The predicted molar refractivity (Wildman–Crippen MR) is 120 cm³/mol. The Morgan fingerprint density at radius 3 is 2.06 bits per heavy atom. The van der Waals surface area contributed by atoms with Gasteiger partial charge in [-0.1, -0.05) is 23.4 Å². The molecule has 4 amide bonds. The van der Waals surface area contributed by atoms with Crippen LogP contribution in [-0.4, -0.2) is 48.1 Å². The second kappa shape index (κ2) is 9.69. The number of primary sulfonamides is 1. The van der Waals surface area contributed by atoms with Gasteiger partial charge >= 0.3 is 0 Å². The van der Waals surface area contributed by atoms with Gasteiger partial charge < -0.3 is 10.6 Å². The topological polar surface area (TPSA) is 156 Å². The van der Waals surface area contributed by atoms with Crippen molar-refractivity contribution < 1.29 is 27.6 Å². The Bertz CT molecular complexity index is 1170. The lowest BCUT2D eigenvalue weighted by molar-refractivity contribution is -0.131. The number of carbonyl (C=O) groups excluding carboxylic acids is 4. The van der Waals surface area contributed by atoms with E-state index in [1.807, 2.05) is 0 Å². The molecule has 13 heteroatoms. The first-order chi connectivity index (χ1) is 15.0. The van der Waals surface area contributed by atoms with E-state index in [0.717, 1.165) is 4.90 Å². The van der Waals surface area contributed by atoms with E-state index >= 15 is 0 Å². The molecule has 2 aromatic carbocycles. The van der Waals surface area contributed by atoms with Crippen LogP contribution >= 0.6 is 23.4 Å². The zero-order valence-electron chi connectivity index (χ0n) is 16.3. The Balaban J connectivity index is 1.55. The molecule has 1 aliphatic rings. The summed E-state index contributed by atoms with van der Waals surface area (Å²) < 4.78 is 22.5. The predicted octanol–water partition coefficient (Wildman–Crippen LogP) is 2.02. The van der Waals surface area contributed by atoms with E-state index in [2.05, 4.69) is 10.6 Å². The summed E-state index contributed by atoms with van der Waals surface area (Å²) in [4.78, 5) is 49.8. The molecule has 4 N–H and O–H groups in total. The number of hydrogen-bond acceptors (Lipinski definition) is 7. The van der Waals surface area contributed by atoms with Gasteiger partial charge in [-0.3, -0.25) is 24.1 Å². The Morgan fingerprint density at radius 1 is 0.969 bits per heavy atom. The van der Waals surface area contributed by atoms with Gasteiger partial charge in [-0.25, -0.2) is 13.6 Å². The Kier molecular flexibility index (Phi) is 7.19. The summed E-state index contributed by atoms with van der Waals surface area (Å²) in [6, 6.07) is 11.5. The zero-order valence-corrected chi connectivity index (χ0v) is 18.7. The van der Waals surface area contributed by atoms with Gasteiger partial charge in [0.1, 0.15) is 11.8 Å². The molecule has 1 fully saturated rings. The van der Waals surface area contributed by atoms with Crippen LogP contribution in [0.25, 0.3) is 0 Å². The monoisotopic (exact) mass is 496 g/mol. The number of sulfonamides is 1. The number of hydrogen-bond donors (Lipinski definition) is 3. The van der Waals surface area contributed by atoms with Crippen LogP contribution in [-0.2, 0) is 24.4 Å². The van der Waals surface area contributed by atoms with E-state index in [1.165, 1.54) is 24.3 Å². The molecule has 1 saturated heterocycles. The molecule has 2 aromatic rings. The zero-order chi connectivity index (χ0) is 23.5. The van der Waals surface area contributed by atoms with Crippen molar-refractivity contribution in [2.75, 3.05) is 17.2 Å². The molecule has 10 nitrogen and oxygen atoms in total. The van der Waals surface area contributed by atoms with Crippen molar-refractivity contribution in [2.24, 2.45) is 5.14 Å². The average molecular weight is 497 g/mol. The van der Waals surface area contributed by atoms with Gasteiger partial charge in [0.25, 0.3) is 5.24 Å². The molecule has 3 rings (SSSR count). The third-order valence-electron chi connectivity index (χ3n) is 4.27. The van der Waals surface area contributed by atoms with E-state index in [1.54, 1.807) is 24.3 Å². The lowest BCUT2D eigenvalue weighted by atomic mass is 10.2. The molecule has 0 aliphatic carbocycles. The highest BCUT2D eigenvalue weighted by Crippen LogP contribution is 2.29. The van der Waals surface area contributed by atoms with Crippen LogP contribution < -0.4 is 15.8 Å². The molecule has 0 aromatic heterocycles. The van der Waals surface area contributed by atoms with Gasteiger partial charge in [0.05, 0.1) is 4.90 Å². The quantitative estimate of drug-likeness (QED) is 0.529. The summed E-state index contributed by atoms with van der Waals surface area (Å²) in [5, 5.41) is 9.00. The summed E-state index contributed by atoms with van der Waals surface area (Å²) in [7, 11) is -3.87. The number of nitrogens with one attached hydrogen (secondary N) is 2. The summed E-state index contributed by atoms with van der Waals surface area (Å²) >= 11 is 6.46. The lowest BCUT2D eigenvalue weighted by Gasteiger charge is -2.14. The Labute approximate surface area is 192 Å². The van der Waals surface area contributed by atoms with E-state index in [0.29, 0.717) is 22.5 Å². The highest BCUT2D eigenvalue weighted by molar-refractivity contribution is 8.15. The average Bonchev–Trinajstić information content (AvgIpc) is 2.96. The van der Waals surface area contributed by atoms with Crippen LogP contribution in [0.3, 0.4) is 0 Å². The number of nitrogens with zero attached hydrogens (tertiary/aromatic N) is 1. The number of anilines is 2. The van der Waals surface area contributed by atoms with Crippen molar-refractivity contribution in [1.82, 2.24) is 4.90 Å². The fourth-order valence-electron chi connectivity index (χ4n) is 2.76. The van der Waals surface area contributed by atoms with Crippen LogP contribution in [0.5, 0.6) is 0 Å². The van der Waals surface area contributed by atoms with Crippen molar-refractivity contribution >= 4 is 67.7 Å². The maximum atomic E-state index is 12.5. The van der Waals surface area contributed by atoms with Gasteiger partial charge in [-0.15, -0.1) is 0 Å². The lowest BCUT2D eigenvalue weighted by Crippen LogP contribution is -2.38. The second-order valence-electron chi connectivity index (χ2n) is 6.67. The van der Waals surface area contributed by atoms with Crippen molar-refractivity contribution in [3.63, 3.8) is 0 Å². The van der Waals surface area contributed by atoms with Gasteiger partial charge in [-0.2, -0.15) is 0 Å². The first-order valence-electron chi connectivity index (χ1n) is 9.03. The molecule has 0 unspecified atom stereocenters. The standard InChI is InChI=1S/C19H17ClN4O6S2/c20-11-1-3-12(4-2-11)22-16(25)9-15-18(27)24(19(28)31-15)10-17(26)23-13-5-7-14(8-6-13)32(21,29)30/h1-8,15H,9-10H2,(H,22,25)(H,23,26)(H2,21,29,30)/t15-/m1/s1. The largest absolute Gasteiger partial charge is 0.326 e. The molecule has 1 atom stereocenters. The number of amides is 4. The molecule has 0 saturated carbocycles. The van der Waals surface area contributed by atoms with Gasteiger partial charge in [0.2, 0.25) is 27.7 Å². The molecule has 32 heavy (non-hydrogen) atoms. The number of benzene rings is 2. The van der Waals surface area contributed by atoms with E-state index in [4.69, 9.17) is 16.7 Å². The molecule has 1 aliphatic heterocycles. The molecule has 0 bridgehead atoms. The van der Waals surface area contributed by atoms with Crippen LogP contribution in [0.4, 0.5) is 16.2 Å². The van der Waals surface area contributed by atoms with Gasteiger partial charge in [-0.05, 0) is 48.5 Å². The normalized spacial score (nSPS) is 16.2. The van der Waals surface area contributed by atoms with Crippen LogP contribution in [0, 0.1) is 0 Å². The van der Waals surface area contributed by atoms with Crippen molar-refractivity contribution in [3.05, 3.63) is 53.6 Å². The number of imide groups is 1. The second-order valence-corrected chi connectivity index (χ2v) is 9.83. The number of carbonyl (C=O) groups is 4. The molecule has 0 spiro atoms. The van der Waals surface area contributed by atoms with Gasteiger partial charge in [0, 0.05) is 22.8 Å². The van der Waals surface area contributed by atoms with E-state index in [9.17, 15) is 27.6 Å². The minimum atomic E-state index is -3.87. The minimum absolute atomic E-state index is 0.128. The van der Waals surface area contributed by atoms with Crippen LogP contribution in [0.15, 0.2) is 53.4 Å². The highest BCUT2D eigenvalue weighted by Gasteiger charge is 2.41.